The van der Waals surface area contributed by atoms with E-state index >= 15 is 0 Å². The number of rotatable bonds is 3. The predicted molar refractivity (Wildman–Crippen MR) is 47.4 cm³/mol. The summed E-state index contributed by atoms with van der Waals surface area (Å²) in [6.45, 7) is 9.69. The maximum Gasteiger partial charge on any atom is 0.0301 e. The molecular weight excluding hydrogens is 122 g/mol. The summed E-state index contributed by atoms with van der Waals surface area (Å²) in [7, 11) is 0. The summed E-state index contributed by atoms with van der Waals surface area (Å²) in [5.74, 6) is 0. The minimum Gasteiger partial charge on any atom is -0.262 e. The molecule has 10 heavy (non-hydrogen) atoms. The van der Waals surface area contributed by atoms with E-state index in [1.54, 1.807) is 0 Å². The van der Waals surface area contributed by atoms with Crippen LogP contribution in [0.1, 0.15) is 27.2 Å². The van der Waals surface area contributed by atoms with Crippen LogP contribution in [0.2, 0.25) is 0 Å². The molecule has 0 aromatic heterocycles. The zero-order valence-corrected chi connectivity index (χ0v) is 7.02. The minimum atomic E-state index is 0.854. The number of allylic oxidation sites excluding steroid dienone is 3. The van der Waals surface area contributed by atoms with Crippen LogP contribution in [0.3, 0.4) is 0 Å². The topological polar surface area (TPSA) is 12.4 Å². The highest BCUT2D eigenvalue weighted by atomic mass is 14.7. The van der Waals surface area contributed by atoms with Crippen LogP contribution in [0.15, 0.2) is 28.9 Å². The minimum absolute atomic E-state index is 0.854. The van der Waals surface area contributed by atoms with E-state index in [4.69, 9.17) is 0 Å². The van der Waals surface area contributed by atoms with Gasteiger partial charge in [-0.3, -0.25) is 4.99 Å². The van der Waals surface area contributed by atoms with Crippen LogP contribution in [-0.4, -0.2) is 6.21 Å². The monoisotopic (exact) mass is 137 g/mol. The molecule has 56 valence electrons. The standard InChI is InChI=1S/C9H15N/c1-5-9(6-2)7-10-8(3)4/h5,7H,3,6H2,1-2,4H3/b9-5-,10-7?. The summed E-state index contributed by atoms with van der Waals surface area (Å²) in [6, 6.07) is 0. The van der Waals surface area contributed by atoms with Crippen LogP contribution < -0.4 is 0 Å². The van der Waals surface area contributed by atoms with Crippen LogP contribution in [-0.2, 0) is 0 Å². The van der Waals surface area contributed by atoms with E-state index in [9.17, 15) is 0 Å². The van der Waals surface area contributed by atoms with Gasteiger partial charge in [-0.15, -0.1) is 0 Å². The molecule has 0 amide bonds. The van der Waals surface area contributed by atoms with E-state index in [2.05, 4.69) is 24.6 Å². The van der Waals surface area contributed by atoms with Crippen molar-refractivity contribution in [2.75, 3.05) is 0 Å². The molecule has 0 spiro atoms. The fourth-order valence-corrected chi connectivity index (χ4v) is 0.563. The Labute approximate surface area is 63.2 Å². The van der Waals surface area contributed by atoms with Gasteiger partial charge in [-0.25, -0.2) is 0 Å². The van der Waals surface area contributed by atoms with E-state index in [1.165, 1.54) is 5.57 Å². The van der Waals surface area contributed by atoms with Crippen LogP contribution in [0.25, 0.3) is 0 Å². The van der Waals surface area contributed by atoms with Gasteiger partial charge in [0, 0.05) is 11.9 Å². The van der Waals surface area contributed by atoms with Crippen molar-refractivity contribution in [2.24, 2.45) is 4.99 Å². The van der Waals surface area contributed by atoms with Gasteiger partial charge in [-0.05, 0) is 25.8 Å². The number of aliphatic imine (C=N–C) groups is 1. The lowest BCUT2D eigenvalue weighted by Crippen LogP contribution is -1.80. The Kier molecular flexibility index (Phi) is 4.55. The van der Waals surface area contributed by atoms with Gasteiger partial charge in [0.15, 0.2) is 0 Å². The molecule has 0 saturated heterocycles. The summed E-state index contributed by atoms with van der Waals surface area (Å²) in [5, 5.41) is 0. The van der Waals surface area contributed by atoms with Crippen molar-refractivity contribution >= 4 is 6.21 Å². The van der Waals surface area contributed by atoms with Crippen molar-refractivity contribution in [2.45, 2.75) is 27.2 Å². The SMILES string of the molecule is C=C(C)N=C/C(=C\C)CC. The predicted octanol–water partition coefficient (Wildman–Crippen LogP) is 2.95. The highest BCUT2D eigenvalue weighted by molar-refractivity contribution is 5.78. The van der Waals surface area contributed by atoms with Crippen molar-refractivity contribution in [3.8, 4) is 0 Å². The van der Waals surface area contributed by atoms with Gasteiger partial charge < -0.3 is 0 Å². The van der Waals surface area contributed by atoms with Crippen molar-refractivity contribution in [3.05, 3.63) is 23.9 Å². The van der Waals surface area contributed by atoms with Gasteiger partial charge in [-0.2, -0.15) is 0 Å². The van der Waals surface area contributed by atoms with Gasteiger partial charge in [0.25, 0.3) is 0 Å². The molecule has 0 aliphatic carbocycles. The van der Waals surface area contributed by atoms with Crippen LogP contribution >= 0.6 is 0 Å². The first-order valence-corrected chi connectivity index (χ1v) is 3.55. The zero-order chi connectivity index (χ0) is 7.98. The lowest BCUT2D eigenvalue weighted by Gasteiger charge is -1.92. The number of hydrogen-bond acceptors (Lipinski definition) is 1. The average molecular weight is 137 g/mol. The molecule has 0 radical (unpaired) electrons. The molecule has 0 saturated carbocycles. The molecule has 0 atom stereocenters. The molecule has 0 aromatic rings. The first-order valence-electron chi connectivity index (χ1n) is 3.55. The van der Waals surface area contributed by atoms with Crippen LogP contribution in [0.4, 0.5) is 0 Å². The molecular formula is C9H15N. The van der Waals surface area contributed by atoms with E-state index in [0.29, 0.717) is 0 Å². The molecule has 1 nitrogen and oxygen atoms in total. The van der Waals surface area contributed by atoms with Crippen LogP contribution in [0.5, 0.6) is 0 Å². The molecule has 0 aromatic carbocycles. The lowest BCUT2D eigenvalue weighted by atomic mass is 10.2. The first-order chi connectivity index (χ1) is 4.70. The highest BCUT2D eigenvalue weighted by Gasteiger charge is 1.83. The molecule has 1 heteroatoms. The molecule has 0 aliphatic rings. The third-order valence-electron chi connectivity index (χ3n) is 1.23. The third-order valence-corrected chi connectivity index (χ3v) is 1.23. The Morgan fingerprint density at radius 1 is 1.60 bits per heavy atom. The smallest absolute Gasteiger partial charge is 0.0301 e. The Balaban J connectivity index is 3.98. The Morgan fingerprint density at radius 2 is 2.20 bits per heavy atom. The number of nitrogens with zero attached hydrogens (tertiary/aromatic N) is 1. The summed E-state index contributed by atoms with van der Waals surface area (Å²) in [4.78, 5) is 4.08. The van der Waals surface area contributed by atoms with E-state index in [-0.39, 0.29) is 0 Å². The van der Waals surface area contributed by atoms with Gasteiger partial charge >= 0.3 is 0 Å². The Morgan fingerprint density at radius 3 is 2.50 bits per heavy atom. The maximum atomic E-state index is 4.08. The van der Waals surface area contributed by atoms with E-state index in [0.717, 1.165) is 12.1 Å². The second kappa shape index (κ2) is 4.98. The van der Waals surface area contributed by atoms with Crippen LogP contribution in [0, 0.1) is 0 Å². The Hall–Kier alpha value is -0.850. The van der Waals surface area contributed by atoms with Gasteiger partial charge in [-0.1, -0.05) is 19.6 Å². The second-order valence-corrected chi connectivity index (χ2v) is 2.21. The second-order valence-electron chi connectivity index (χ2n) is 2.21. The normalized spacial score (nSPS) is 12.5. The molecule has 0 heterocycles. The van der Waals surface area contributed by atoms with E-state index in [1.807, 2.05) is 20.1 Å². The average Bonchev–Trinajstić information content (AvgIpc) is 1.90. The van der Waals surface area contributed by atoms with E-state index < -0.39 is 0 Å². The molecule has 0 N–H and O–H groups in total. The van der Waals surface area contributed by atoms with Crippen molar-refractivity contribution in [1.82, 2.24) is 0 Å². The summed E-state index contributed by atoms with van der Waals surface area (Å²) < 4.78 is 0. The fourth-order valence-electron chi connectivity index (χ4n) is 0.563. The van der Waals surface area contributed by atoms with Gasteiger partial charge in [0.1, 0.15) is 0 Å². The lowest BCUT2D eigenvalue weighted by molar-refractivity contribution is 1.17. The van der Waals surface area contributed by atoms with Crippen molar-refractivity contribution in [1.29, 1.82) is 0 Å². The third kappa shape index (κ3) is 4.07. The van der Waals surface area contributed by atoms with Gasteiger partial charge in [0.05, 0.1) is 0 Å². The largest absolute Gasteiger partial charge is 0.262 e. The van der Waals surface area contributed by atoms with Crippen molar-refractivity contribution in [3.63, 3.8) is 0 Å². The quantitative estimate of drug-likeness (QED) is 0.530. The zero-order valence-electron chi connectivity index (χ0n) is 7.02. The summed E-state index contributed by atoms with van der Waals surface area (Å²) in [6.07, 6.45) is 4.96. The molecule has 0 aliphatic heterocycles. The summed E-state index contributed by atoms with van der Waals surface area (Å²) in [5.41, 5.74) is 2.11. The number of hydrogen-bond donors (Lipinski definition) is 0. The first kappa shape index (κ1) is 9.15. The molecule has 0 unspecified atom stereocenters. The molecule has 0 fully saturated rings. The maximum absolute atomic E-state index is 4.08. The molecule has 0 bridgehead atoms. The fraction of sp³-hybridized carbons (Fsp3) is 0.444. The Bertz CT molecular complexity index is 164. The van der Waals surface area contributed by atoms with Gasteiger partial charge in [0.2, 0.25) is 0 Å². The van der Waals surface area contributed by atoms with Crippen molar-refractivity contribution < 1.29 is 0 Å². The molecule has 0 rings (SSSR count). The highest BCUT2D eigenvalue weighted by Crippen LogP contribution is 1.97. The summed E-state index contributed by atoms with van der Waals surface area (Å²) >= 11 is 0.